The molecule has 0 radical (unpaired) electrons. The Bertz CT molecular complexity index is 681. The first-order chi connectivity index (χ1) is 10.5. The summed E-state index contributed by atoms with van der Waals surface area (Å²) in [4.78, 5) is 11.8. The highest BCUT2D eigenvalue weighted by atomic mass is 19.1. The lowest BCUT2D eigenvalue weighted by atomic mass is 10.1. The van der Waals surface area contributed by atoms with Gasteiger partial charge >= 0.3 is 0 Å². The molecule has 0 unspecified atom stereocenters. The maximum absolute atomic E-state index is 12.8. The van der Waals surface area contributed by atoms with Gasteiger partial charge in [0.15, 0.2) is 0 Å². The highest BCUT2D eigenvalue weighted by molar-refractivity contribution is 5.99. The molecule has 0 bridgehead atoms. The number of carbonyl (C=O) groups is 1. The van der Waals surface area contributed by atoms with E-state index in [-0.39, 0.29) is 18.3 Å². The molecule has 1 amide bonds. The molecule has 0 aromatic heterocycles. The maximum atomic E-state index is 12.8. The molecule has 2 aromatic rings. The second-order valence-electron chi connectivity index (χ2n) is 4.96. The van der Waals surface area contributed by atoms with Crippen molar-refractivity contribution in [3.63, 3.8) is 0 Å². The average Bonchev–Trinajstić information content (AvgIpc) is 2.51. The summed E-state index contributed by atoms with van der Waals surface area (Å²) in [5.41, 5.74) is 5.85. The summed E-state index contributed by atoms with van der Waals surface area (Å²) < 4.78 is 12.8. The first-order valence-corrected chi connectivity index (χ1v) is 6.94. The molecule has 0 aliphatic rings. The fraction of sp³-hybridized carbons (Fsp3) is 0.176. The second kappa shape index (κ2) is 7.36. The minimum absolute atomic E-state index is 0.129. The molecule has 0 heterocycles. The summed E-state index contributed by atoms with van der Waals surface area (Å²) in [5.74, 6) is -0.550. The highest BCUT2D eigenvalue weighted by Gasteiger charge is 2.02. The molecule has 4 nitrogen and oxygen atoms in total. The Balaban J connectivity index is 1.86. The smallest absolute Gasteiger partial charge is 0.259 e. The van der Waals surface area contributed by atoms with Crippen LogP contribution < -0.4 is 10.7 Å². The fourth-order valence-electron chi connectivity index (χ4n) is 1.88. The van der Waals surface area contributed by atoms with Gasteiger partial charge in [-0.3, -0.25) is 4.79 Å². The van der Waals surface area contributed by atoms with E-state index in [2.05, 4.69) is 15.8 Å². The van der Waals surface area contributed by atoms with E-state index in [1.165, 1.54) is 12.1 Å². The molecule has 5 heteroatoms. The molecule has 0 aliphatic heterocycles. The quantitative estimate of drug-likeness (QED) is 0.658. The number of rotatable bonds is 5. The van der Waals surface area contributed by atoms with Crippen LogP contribution in [0.1, 0.15) is 18.1 Å². The summed E-state index contributed by atoms with van der Waals surface area (Å²) in [6.07, 6.45) is 0. The predicted octanol–water partition coefficient (Wildman–Crippen LogP) is 3.09. The third kappa shape index (κ3) is 4.70. The van der Waals surface area contributed by atoms with Crippen LogP contribution >= 0.6 is 0 Å². The molecule has 2 rings (SSSR count). The van der Waals surface area contributed by atoms with Crippen LogP contribution in [0.3, 0.4) is 0 Å². The Morgan fingerprint density at radius 3 is 2.59 bits per heavy atom. The third-order valence-electron chi connectivity index (χ3n) is 3.08. The van der Waals surface area contributed by atoms with E-state index in [1.54, 1.807) is 19.1 Å². The number of hydrogen-bond acceptors (Lipinski definition) is 3. The summed E-state index contributed by atoms with van der Waals surface area (Å²) in [6, 6.07) is 13.7. The maximum Gasteiger partial charge on any atom is 0.259 e. The topological polar surface area (TPSA) is 53.5 Å². The molecule has 0 saturated carbocycles. The molecule has 0 fully saturated rings. The molecule has 0 saturated heterocycles. The number of anilines is 1. The Kier molecular flexibility index (Phi) is 5.25. The SMILES string of the molecule is CC(=NNC(=O)CNc1cccc(C)c1)c1ccc(F)cc1. The van der Waals surface area contributed by atoms with Gasteiger partial charge in [-0.25, -0.2) is 9.82 Å². The van der Waals surface area contributed by atoms with Gasteiger partial charge in [-0.05, 0) is 49.2 Å². The van der Waals surface area contributed by atoms with Crippen LogP contribution in [0.4, 0.5) is 10.1 Å². The fourth-order valence-corrected chi connectivity index (χ4v) is 1.88. The van der Waals surface area contributed by atoms with Gasteiger partial charge in [0.1, 0.15) is 5.82 Å². The molecule has 0 aliphatic carbocycles. The number of halogens is 1. The van der Waals surface area contributed by atoms with Crippen molar-refractivity contribution < 1.29 is 9.18 Å². The predicted molar refractivity (Wildman–Crippen MR) is 86.4 cm³/mol. The number of hydrazone groups is 1. The van der Waals surface area contributed by atoms with E-state index in [1.807, 2.05) is 31.2 Å². The summed E-state index contributed by atoms with van der Waals surface area (Å²) in [6.45, 7) is 3.87. The zero-order chi connectivity index (χ0) is 15.9. The molecule has 0 spiro atoms. The number of amides is 1. The van der Waals surface area contributed by atoms with Gasteiger partial charge in [0.25, 0.3) is 5.91 Å². The normalized spacial score (nSPS) is 11.1. The third-order valence-corrected chi connectivity index (χ3v) is 3.08. The number of carbonyl (C=O) groups excluding carboxylic acids is 1. The molecule has 2 aromatic carbocycles. The van der Waals surface area contributed by atoms with Gasteiger partial charge in [0.2, 0.25) is 0 Å². The van der Waals surface area contributed by atoms with E-state index < -0.39 is 0 Å². The second-order valence-corrected chi connectivity index (χ2v) is 4.96. The van der Waals surface area contributed by atoms with Gasteiger partial charge in [-0.15, -0.1) is 0 Å². The summed E-state index contributed by atoms with van der Waals surface area (Å²) >= 11 is 0. The van der Waals surface area contributed by atoms with Crippen molar-refractivity contribution in [3.8, 4) is 0 Å². The van der Waals surface area contributed by atoms with Gasteiger partial charge in [-0.1, -0.05) is 24.3 Å². The van der Waals surface area contributed by atoms with Crippen molar-refractivity contribution in [2.24, 2.45) is 5.10 Å². The van der Waals surface area contributed by atoms with Gasteiger partial charge in [0, 0.05) is 5.69 Å². The van der Waals surface area contributed by atoms with Crippen LogP contribution in [0, 0.1) is 12.7 Å². The number of benzene rings is 2. The van der Waals surface area contributed by atoms with Crippen molar-refractivity contribution in [2.45, 2.75) is 13.8 Å². The lowest BCUT2D eigenvalue weighted by Gasteiger charge is -2.06. The van der Waals surface area contributed by atoms with E-state index in [0.717, 1.165) is 16.8 Å². The van der Waals surface area contributed by atoms with Crippen LogP contribution in [-0.4, -0.2) is 18.2 Å². The number of nitrogens with zero attached hydrogens (tertiary/aromatic N) is 1. The molecular formula is C17H18FN3O. The molecular weight excluding hydrogens is 281 g/mol. The van der Waals surface area contributed by atoms with Gasteiger partial charge in [-0.2, -0.15) is 5.10 Å². The molecule has 0 atom stereocenters. The van der Waals surface area contributed by atoms with Crippen LogP contribution in [0.5, 0.6) is 0 Å². The lowest BCUT2D eigenvalue weighted by Crippen LogP contribution is -2.26. The average molecular weight is 299 g/mol. The first-order valence-electron chi connectivity index (χ1n) is 6.94. The standard InChI is InChI=1S/C17H18FN3O/c1-12-4-3-5-16(10-12)19-11-17(22)21-20-13(2)14-6-8-15(18)9-7-14/h3-10,19H,11H2,1-2H3,(H,21,22). The largest absolute Gasteiger partial charge is 0.376 e. The van der Waals surface area contributed by atoms with Crippen molar-refractivity contribution >= 4 is 17.3 Å². The minimum Gasteiger partial charge on any atom is -0.376 e. The van der Waals surface area contributed by atoms with Crippen molar-refractivity contribution in [2.75, 3.05) is 11.9 Å². The van der Waals surface area contributed by atoms with Crippen LogP contribution in [0.2, 0.25) is 0 Å². The Hall–Kier alpha value is -2.69. The van der Waals surface area contributed by atoms with Crippen molar-refractivity contribution in [3.05, 3.63) is 65.5 Å². The molecule has 114 valence electrons. The highest BCUT2D eigenvalue weighted by Crippen LogP contribution is 2.08. The number of hydrogen-bond donors (Lipinski definition) is 2. The van der Waals surface area contributed by atoms with E-state index in [4.69, 9.17) is 0 Å². The summed E-state index contributed by atoms with van der Waals surface area (Å²) in [5, 5.41) is 7.03. The Labute approximate surface area is 129 Å². The van der Waals surface area contributed by atoms with Crippen LogP contribution in [0.25, 0.3) is 0 Å². The van der Waals surface area contributed by atoms with Gasteiger partial charge in [0.05, 0.1) is 12.3 Å². The van der Waals surface area contributed by atoms with E-state index >= 15 is 0 Å². The molecule has 22 heavy (non-hydrogen) atoms. The van der Waals surface area contributed by atoms with E-state index in [0.29, 0.717) is 5.71 Å². The molecule has 2 N–H and O–H groups in total. The monoisotopic (exact) mass is 299 g/mol. The zero-order valence-electron chi connectivity index (χ0n) is 12.6. The number of aryl methyl sites for hydroxylation is 1. The minimum atomic E-state index is -0.303. The van der Waals surface area contributed by atoms with E-state index in [9.17, 15) is 9.18 Å². The lowest BCUT2D eigenvalue weighted by molar-refractivity contribution is -0.119. The van der Waals surface area contributed by atoms with Gasteiger partial charge < -0.3 is 5.32 Å². The Morgan fingerprint density at radius 2 is 1.91 bits per heavy atom. The Morgan fingerprint density at radius 1 is 1.18 bits per heavy atom. The van der Waals surface area contributed by atoms with Crippen molar-refractivity contribution in [1.82, 2.24) is 5.43 Å². The zero-order valence-corrected chi connectivity index (χ0v) is 12.6. The first kappa shape index (κ1) is 15.7. The van der Waals surface area contributed by atoms with Crippen molar-refractivity contribution in [1.29, 1.82) is 0 Å². The summed E-state index contributed by atoms with van der Waals surface area (Å²) in [7, 11) is 0. The van der Waals surface area contributed by atoms with Crippen LogP contribution in [0.15, 0.2) is 53.6 Å². The van der Waals surface area contributed by atoms with Crippen LogP contribution in [-0.2, 0) is 4.79 Å². The number of nitrogens with one attached hydrogen (secondary N) is 2.